The number of nitrogens with zero attached hydrogens (tertiary/aromatic N) is 3. The number of halogens is 1. The van der Waals surface area contributed by atoms with Crippen molar-refractivity contribution in [2.75, 3.05) is 36.8 Å². The van der Waals surface area contributed by atoms with Gasteiger partial charge in [-0.15, -0.1) is 0 Å². The fourth-order valence-electron chi connectivity index (χ4n) is 3.82. The third kappa shape index (κ3) is 4.34. The molecule has 4 rings (SSSR count). The summed E-state index contributed by atoms with van der Waals surface area (Å²) in [6.45, 7) is 3.81. The molecule has 3 heterocycles. The third-order valence-electron chi connectivity index (χ3n) is 5.17. The predicted molar refractivity (Wildman–Crippen MR) is 108 cm³/mol. The Balaban J connectivity index is 1.31. The molecule has 0 spiro atoms. The first-order valence-corrected chi connectivity index (χ1v) is 10.1. The van der Waals surface area contributed by atoms with Crippen molar-refractivity contribution in [3.63, 3.8) is 0 Å². The van der Waals surface area contributed by atoms with E-state index >= 15 is 0 Å². The second-order valence-corrected chi connectivity index (χ2v) is 8.18. The molecular formula is C19H24BrN5O2. The number of hydrogen-bond acceptors (Lipinski definition) is 5. The van der Waals surface area contributed by atoms with Gasteiger partial charge in [-0.3, -0.25) is 9.48 Å². The molecule has 1 amide bonds. The lowest BCUT2D eigenvalue weighted by molar-refractivity contribution is -0.116. The molecule has 144 valence electrons. The number of anilines is 2. The molecule has 0 radical (unpaired) electrons. The summed E-state index contributed by atoms with van der Waals surface area (Å²) in [7, 11) is 0. The van der Waals surface area contributed by atoms with E-state index in [1.165, 1.54) is 12.8 Å². The first kappa shape index (κ1) is 18.5. The van der Waals surface area contributed by atoms with E-state index in [0.29, 0.717) is 19.6 Å². The number of nitrogens with one attached hydrogen (secondary N) is 2. The van der Waals surface area contributed by atoms with Crippen molar-refractivity contribution in [2.24, 2.45) is 0 Å². The van der Waals surface area contributed by atoms with Crippen LogP contribution in [0.4, 0.5) is 11.4 Å². The number of aromatic nitrogens is 2. The van der Waals surface area contributed by atoms with Gasteiger partial charge in [0.1, 0.15) is 0 Å². The number of aliphatic hydroxyl groups is 1. The number of likely N-dealkylation sites (tertiary alicyclic amines) is 1. The average molecular weight is 434 g/mol. The number of carbonyl (C=O) groups is 1. The molecular weight excluding hydrogens is 410 g/mol. The molecule has 27 heavy (non-hydrogen) atoms. The molecule has 0 aliphatic carbocycles. The number of β-amino-alcohol motifs (C(OH)–C–C–N with tert-alkyl or cyclic N) is 1. The Morgan fingerprint density at radius 3 is 2.96 bits per heavy atom. The van der Waals surface area contributed by atoms with Crippen molar-refractivity contribution >= 4 is 33.2 Å². The molecule has 2 aliphatic heterocycles. The molecule has 0 saturated carbocycles. The SMILES string of the molecule is O=C1Nc2cc(Br)ccc2C1CNc1cnn(CC(O)CN2CCCC2)c1. The van der Waals surface area contributed by atoms with Gasteiger partial charge in [0.25, 0.3) is 0 Å². The van der Waals surface area contributed by atoms with Crippen molar-refractivity contribution in [1.82, 2.24) is 14.7 Å². The van der Waals surface area contributed by atoms with Crippen molar-refractivity contribution in [3.8, 4) is 0 Å². The van der Waals surface area contributed by atoms with Gasteiger partial charge in [0, 0.05) is 29.4 Å². The molecule has 2 atom stereocenters. The lowest BCUT2D eigenvalue weighted by atomic mass is 10.0. The van der Waals surface area contributed by atoms with E-state index in [-0.39, 0.29) is 11.8 Å². The van der Waals surface area contributed by atoms with Crippen molar-refractivity contribution in [3.05, 3.63) is 40.6 Å². The largest absolute Gasteiger partial charge is 0.390 e. The van der Waals surface area contributed by atoms with Crippen LogP contribution in [0.3, 0.4) is 0 Å². The zero-order chi connectivity index (χ0) is 18.8. The molecule has 1 aromatic heterocycles. The van der Waals surface area contributed by atoms with Gasteiger partial charge in [0.05, 0.1) is 30.5 Å². The van der Waals surface area contributed by atoms with Crippen molar-refractivity contribution < 1.29 is 9.90 Å². The number of carbonyl (C=O) groups excluding carboxylic acids is 1. The van der Waals surface area contributed by atoms with Gasteiger partial charge in [-0.2, -0.15) is 5.10 Å². The van der Waals surface area contributed by atoms with Crippen LogP contribution in [0.25, 0.3) is 0 Å². The zero-order valence-electron chi connectivity index (χ0n) is 15.1. The van der Waals surface area contributed by atoms with Crippen LogP contribution < -0.4 is 10.6 Å². The number of hydrogen-bond donors (Lipinski definition) is 3. The van der Waals surface area contributed by atoms with E-state index in [0.717, 1.165) is 34.5 Å². The predicted octanol–water partition coefficient (Wildman–Crippen LogP) is 2.25. The number of aliphatic hydroxyl groups excluding tert-OH is 1. The summed E-state index contributed by atoms with van der Waals surface area (Å²) in [6, 6.07) is 5.85. The summed E-state index contributed by atoms with van der Waals surface area (Å²) < 4.78 is 2.70. The topological polar surface area (TPSA) is 82.4 Å². The van der Waals surface area contributed by atoms with Crippen molar-refractivity contribution in [2.45, 2.75) is 31.4 Å². The Hall–Kier alpha value is -1.90. The van der Waals surface area contributed by atoms with Crippen LogP contribution >= 0.6 is 15.9 Å². The molecule has 1 fully saturated rings. The van der Waals surface area contributed by atoms with E-state index in [4.69, 9.17) is 0 Å². The maximum absolute atomic E-state index is 12.3. The molecule has 2 aromatic rings. The summed E-state index contributed by atoms with van der Waals surface area (Å²) in [5.74, 6) is -0.221. The third-order valence-corrected chi connectivity index (χ3v) is 5.67. The first-order valence-electron chi connectivity index (χ1n) is 9.35. The van der Waals surface area contributed by atoms with E-state index in [9.17, 15) is 9.90 Å². The number of benzene rings is 1. The lowest BCUT2D eigenvalue weighted by Gasteiger charge is -2.19. The smallest absolute Gasteiger partial charge is 0.233 e. The van der Waals surface area contributed by atoms with Crippen LogP contribution in [0.1, 0.15) is 24.3 Å². The number of amides is 1. The van der Waals surface area contributed by atoms with Gasteiger partial charge in [-0.1, -0.05) is 22.0 Å². The van der Waals surface area contributed by atoms with Gasteiger partial charge in [-0.05, 0) is 43.6 Å². The fraction of sp³-hybridized carbons (Fsp3) is 0.474. The summed E-state index contributed by atoms with van der Waals surface area (Å²) in [4.78, 5) is 14.5. The highest BCUT2D eigenvalue weighted by Gasteiger charge is 2.30. The van der Waals surface area contributed by atoms with Crippen LogP contribution in [0.15, 0.2) is 35.1 Å². The normalized spacial score (nSPS) is 20.5. The van der Waals surface area contributed by atoms with E-state index < -0.39 is 6.10 Å². The van der Waals surface area contributed by atoms with Crippen molar-refractivity contribution in [1.29, 1.82) is 0 Å². The average Bonchev–Trinajstić information content (AvgIpc) is 3.34. The Kier molecular flexibility index (Phi) is 5.47. The molecule has 1 aromatic carbocycles. The molecule has 8 heteroatoms. The highest BCUT2D eigenvalue weighted by molar-refractivity contribution is 9.10. The Bertz CT molecular complexity index is 818. The van der Waals surface area contributed by atoms with Crippen LogP contribution in [0.2, 0.25) is 0 Å². The van der Waals surface area contributed by atoms with Gasteiger partial charge in [-0.25, -0.2) is 0 Å². The Morgan fingerprint density at radius 1 is 1.33 bits per heavy atom. The van der Waals surface area contributed by atoms with E-state index in [1.54, 1.807) is 10.9 Å². The van der Waals surface area contributed by atoms with Gasteiger partial charge in [0.2, 0.25) is 5.91 Å². The second kappa shape index (κ2) is 8.00. The molecule has 3 N–H and O–H groups in total. The molecule has 7 nitrogen and oxygen atoms in total. The summed E-state index contributed by atoms with van der Waals surface area (Å²) in [5.41, 5.74) is 2.72. The Morgan fingerprint density at radius 2 is 2.15 bits per heavy atom. The highest BCUT2D eigenvalue weighted by atomic mass is 79.9. The van der Waals surface area contributed by atoms with Gasteiger partial charge >= 0.3 is 0 Å². The maximum atomic E-state index is 12.3. The highest BCUT2D eigenvalue weighted by Crippen LogP contribution is 2.34. The minimum atomic E-state index is -0.429. The first-order chi connectivity index (χ1) is 13.1. The van der Waals surface area contributed by atoms with E-state index in [1.807, 2.05) is 24.4 Å². The number of rotatable bonds is 7. The molecule has 2 aliphatic rings. The molecule has 1 saturated heterocycles. The summed E-state index contributed by atoms with van der Waals surface area (Å²) >= 11 is 3.43. The standard InChI is InChI=1S/C19H24BrN5O2/c20-13-3-4-16-17(19(27)23-18(16)7-13)9-21-14-8-22-25(10-14)12-15(26)11-24-5-1-2-6-24/h3-4,7-8,10,15,17,21,26H,1-2,5-6,9,11-12H2,(H,23,27). The quantitative estimate of drug-likeness (QED) is 0.623. The lowest BCUT2D eigenvalue weighted by Crippen LogP contribution is -2.32. The summed E-state index contributed by atoms with van der Waals surface area (Å²) in [6.07, 6.45) is 5.62. The van der Waals surface area contributed by atoms with E-state index in [2.05, 4.69) is 36.6 Å². The zero-order valence-corrected chi connectivity index (χ0v) is 16.7. The van der Waals surface area contributed by atoms with Crippen LogP contribution in [-0.4, -0.2) is 58.0 Å². The Labute approximate surface area is 166 Å². The van der Waals surface area contributed by atoms with Crippen LogP contribution in [0, 0.1) is 0 Å². The molecule has 0 bridgehead atoms. The second-order valence-electron chi connectivity index (χ2n) is 7.27. The fourth-order valence-corrected chi connectivity index (χ4v) is 4.18. The summed E-state index contributed by atoms with van der Waals surface area (Å²) in [5, 5.41) is 20.8. The molecule has 2 unspecified atom stereocenters. The minimum absolute atomic E-state index is 0.00373. The monoisotopic (exact) mass is 433 g/mol. The minimum Gasteiger partial charge on any atom is -0.390 e. The van der Waals surface area contributed by atoms with Crippen LogP contribution in [-0.2, 0) is 11.3 Å². The van der Waals surface area contributed by atoms with Gasteiger partial charge < -0.3 is 20.6 Å². The maximum Gasteiger partial charge on any atom is 0.233 e. The van der Waals surface area contributed by atoms with Gasteiger partial charge in [0.15, 0.2) is 0 Å². The van der Waals surface area contributed by atoms with Crippen LogP contribution in [0.5, 0.6) is 0 Å². The number of fused-ring (bicyclic) bond motifs is 1.